The number of hydrogen-bond donors (Lipinski definition) is 0. The Kier molecular flexibility index (Phi) is 4.96. The minimum Gasteiger partial charge on any atom is -0.362 e. The van der Waals surface area contributed by atoms with Crippen molar-refractivity contribution in [3.05, 3.63) is 46.3 Å². The standard InChI is InChI=1S/C18H23N3OS/c1-20(2)17-16(6-3-9-19-17)18(22)21-10-7-14(8-11-21)13-15-5-4-12-23-15/h3-6,9,12,14H,7-8,10-11,13H2,1-2H3. The monoisotopic (exact) mass is 329 g/mol. The number of hydrogen-bond acceptors (Lipinski definition) is 4. The highest BCUT2D eigenvalue weighted by Crippen LogP contribution is 2.26. The van der Waals surface area contributed by atoms with Crippen LogP contribution in [0.15, 0.2) is 35.8 Å². The van der Waals surface area contributed by atoms with Gasteiger partial charge in [0.1, 0.15) is 5.82 Å². The van der Waals surface area contributed by atoms with E-state index < -0.39 is 0 Å². The van der Waals surface area contributed by atoms with E-state index in [1.807, 2.05) is 47.4 Å². The van der Waals surface area contributed by atoms with E-state index in [9.17, 15) is 4.79 Å². The molecule has 23 heavy (non-hydrogen) atoms. The molecule has 0 radical (unpaired) electrons. The van der Waals surface area contributed by atoms with E-state index in [1.165, 1.54) is 4.88 Å². The minimum absolute atomic E-state index is 0.108. The van der Waals surface area contributed by atoms with Gasteiger partial charge < -0.3 is 9.80 Å². The molecule has 1 aliphatic rings. The Balaban J connectivity index is 1.62. The molecule has 0 aliphatic carbocycles. The van der Waals surface area contributed by atoms with Crippen LogP contribution in [0.1, 0.15) is 28.1 Å². The first-order valence-electron chi connectivity index (χ1n) is 8.09. The van der Waals surface area contributed by atoms with Crippen LogP contribution in [0.2, 0.25) is 0 Å². The Labute approximate surface area is 141 Å². The molecule has 0 atom stereocenters. The first kappa shape index (κ1) is 16.0. The first-order chi connectivity index (χ1) is 11.1. The maximum atomic E-state index is 12.8. The summed E-state index contributed by atoms with van der Waals surface area (Å²) in [5.74, 6) is 1.55. The van der Waals surface area contributed by atoms with Gasteiger partial charge in [0.2, 0.25) is 0 Å². The SMILES string of the molecule is CN(C)c1ncccc1C(=O)N1CCC(Cc2cccs2)CC1. The highest BCUT2D eigenvalue weighted by atomic mass is 32.1. The Hall–Kier alpha value is -1.88. The van der Waals surface area contributed by atoms with Crippen molar-refractivity contribution in [1.82, 2.24) is 9.88 Å². The van der Waals surface area contributed by atoms with Gasteiger partial charge in [0.05, 0.1) is 5.56 Å². The van der Waals surface area contributed by atoms with Crippen LogP contribution in [0.3, 0.4) is 0 Å². The number of pyridine rings is 1. The molecule has 0 N–H and O–H groups in total. The van der Waals surface area contributed by atoms with Crippen LogP contribution in [0, 0.1) is 5.92 Å². The van der Waals surface area contributed by atoms with Gasteiger partial charge in [0, 0.05) is 38.3 Å². The largest absolute Gasteiger partial charge is 0.362 e. The Morgan fingerprint density at radius 2 is 2.09 bits per heavy atom. The summed E-state index contributed by atoms with van der Waals surface area (Å²) in [6, 6.07) is 8.04. The van der Waals surface area contributed by atoms with E-state index in [4.69, 9.17) is 0 Å². The number of nitrogens with zero attached hydrogens (tertiary/aromatic N) is 3. The normalized spacial score (nSPS) is 15.7. The number of carbonyl (C=O) groups excluding carboxylic acids is 1. The summed E-state index contributed by atoms with van der Waals surface area (Å²) < 4.78 is 0. The summed E-state index contributed by atoms with van der Waals surface area (Å²) in [4.78, 5) is 22.5. The number of piperidine rings is 1. The van der Waals surface area contributed by atoms with E-state index in [1.54, 1.807) is 6.20 Å². The molecule has 3 heterocycles. The lowest BCUT2D eigenvalue weighted by Crippen LogP contribution is -2.39. The number of amides is 1. The maximum absolute atomic E-state index is 12.8. The van der Waals surface area contributed by atoms with Crippen molar-refractivity contribution in [3.63, 3.8) is 0 Å². The zero-order valence-corrected chi connectivity index (χ0v) is 14.6. The van der Waals surface area contributed by atoms with Crippen LogP contribution >= 0.6 is 11.3 Å². The third kappa shape index (κ3) is 3.72. The molecule has 1 saturated heterocycles. The van der Waals surface area contributed by atoms with Gasteiger partial charge in [-0.15, -0.1) is 11.3 Å². The fourth-order valence-electron chi connectivity index (χ4n) is 3.14. The molecule has 0 saturated carbocycles. The van der Waals surface area contributed by atoms with Crippen LogP contribution < -0.4 is 4.90 Å². The molecular formula is C18H23N3OS. The number of rotatable bonds is 4. The molecule has 1 amide bonds. The summed E-state index contributed by atoms with van der Waals surface area (Å²) in [6.45, 7) is 1.69. The topological polar surface area (TPSA) is 36.4 Å². The van der Waals surface area contributed by atoms with E-state index in [2.05, 4.69) is 22.5 Å². The van der Waals surface area contributed by atoms with Gasteiger partial charge in [0.25, 0.3) is 5.91 Å². The summed E-state index contributed by atoms with van der Waals surface area (Å²) in [5.41, 5.74) is 0.703. The molecule has 122 valence electrons. The molecule has 0 aromatic carbocycles. The molecule has 4 nitrogen and oxygen atoms in total. The number of anilines is 1. The molecule has 1 aliphatic heterocycles. The van der Waals surface area contributed by atoms with Crippen molar-refractivity contribution >= 4 is 23.1 Å². The number of likely N-dealkylation sites (tertiary alicyclic amines) is 1. The van der Waals surface area contributed by atoms with Crippen molar-refractivity contribution in [2.45, 2.75) is 19.3 Å². The average molecular weight is 329 g/mol. The Morgan fingerprint density at radius 3 is 2.74 bits per heavy atom. The second kappa shape index (κ2) is 7.13. The van der Waals surface area contributed by atoms with Crippen molar-refractivity contribution < 1.29 is 4.79 Å². The fraction of sp³-hybridized carbons (Fsp3) is 0.444. The molecule has 5 heteroatoms. The fourth-order valence-corrected chi connectivity index (χ4v) is 3.97. The van der Waals surface area contributed by atoms with E-state index >= 15 is 0 Å². The molecule has 0 unspecified atom stereocenters. The molecule has 0 bridgehead atoms. The number of carbonyl (C=O) groups is 1. The van der Waals surface area contributed by atoms with Gasteiger partial charge >= 0.3 is 0 Å². The zero-order chi connectivity index (χ0) is 16.2. The van der Waals surface area contributed by atoms with Gasteiger partial charge in [-0.05, 0) is 48.8 Å². The van der Waals surface area contributed by atoms with Crippen LogP contribution in [-0.2, 0) is 6.42 Å². The maximum Gasteiger partial charge on any atom is 0.257 e. The quantitative estimate of drug-likeness (QED) is 0.863. The summed E-state index contributed by atoms with van der Waals surface area (Å²) in [5, 5.41) is 2.14. The second-order valence-corrected chi connectivity index (χ2v) is 7.32. The number of thiophene rings is 1. The van der Waals surface area contributed by atoms with Crippen LogP contribution in [0.5, 0.6) is 0 Å². The Bertz CT molecular complexity index is 646. The predicted molar refractivity (Wildman–Crippen MR) is 95.2 cm³/mol. The lowest BCUT2D eigenvalue weighted by Gasteiger charge is -2.32. The van der Waals surface area contributed by atoms with Crippen LogP contribution in [0.4, 0.5) is 5.82 Å². The lowest BCUT2D eigenvalue weighted by atomic mass is 9.92. The van der Waals surface area contributed by atoms with Crippen molar-refractivity contribution in [2.24, 2.45) is 5.92 Å². The van der Waals surface area contributed by atoms with E-state index in [-0.39, 0.29) is 5.91 Å². The van der Waals surface area contributed by atoms with Crippen molar-refractivity contribution in [3.8, 4) is 0 Å². The van der Waals surface area contributed by atoms with Crippen LogP contribution in [-0.4, -0.2) is 43.0 Å². The molecule has 2 aromatic rings. The highest BCUT2D eigenvalue weighted by Gasteiger charge is 2.26. The summed E-state index contributed by atoms with van der Waals surface area (Å²) in [7, 11) is 3.85. The summed E-state index contributed by atoms with van der Waals surface area (Å²) in [6.07, 6.45) is 5.05. The van der Waals surface area contributed by atoms with E-state index in [0.717, 1.165) is 38.2 Å². The van der Waals surface area contributed by atoms with Crippen LogP contribution in [0.25, 0.3) is 0 Å². The van der Waals surface area contributed by atoms with Crippen molar-refractivity contribution in [1.29, 1.82) is 0 Å². The second-order valence-electron chi connectivity index (χ2n) is 6.29. The summed E-state index contributed by atoms with van der Waals surface area (Å²) >= 11 is 1.83. The molecular weight excluding hydrogens is 306 g/mol. The minimum atomic E-state index is 0.108. The van der Waals surface area contributed by atoms with Gasteiger partial charge in [-0.3, -0.25) is 4.79 Å². The average Bonchev–Trinajstić information content (AvgIpc) is 3.08. The molecule has 2 aromatic heterocycles. The predicted octanol–water partition coefficient (Wildman–Crippen LogP) is 3.30. The number of aromatic nitrogens is 1. The van der Waals surface area contributed by atoms with Gasteiger partial charge in [-0.1, -0.05) is 6.07 Å². The van der Waals surface area contributed by atoms with Gasteiger partial charge in [-0.2, -0.15) is 0 Å². The lowest BCUT2D eigenvalue weighted by molar-refractivity contribution is 0.0691. The first-order valence-corrected chi connectivity index (χ1v) is 8.97. The van der Waals surface area contributed by atoms with Crippen molar-refractivity contribution in [2.75, 3.05) is 32.1 Å². The molecule has 1 fully saturated rings. The zero-order valence-electron chi connectivity index (χ0n) is 13.7. The molecule has 3 rings (SSSR count). The third-order valence-electron chi connectivity index (χ3n) is 4.41. The third-order valence-corrected chi connectivity index (χ3v) is 5.31. The smallest absolute Gasteiger partial charge is 0.257 e. The Morgan fingerprint density at radius 1 is 1.30 bits per heavy atom. The highest BCUT2D eigenvalue weighted by molar-refractivity contribution is 7.09. The van der Waals surface area contributed by atoms with Gasteiger partial charge in [0.15, 0.2) is 0 Å². The van der Waals surface area contributed by atoms with Gasteiger partial charge in [-0.25, -0.2) is 4.98 Å². The molecule has 0 spiro atoms. The van der Waals surface area contributed by atoms with E-state index in [0.29, 0.717) is 11.5 Å².